The Labute approximate surface area is 171 Å². The molecule has 1 N–H and O–H groups in total. The van der Waals surface area contributed by atoms with Crippen LogP contribution in [0.15, 0.2) is 75.7 Å². The van der Waals surface area contributed by atoms with Gasteiger partial charge >= 0.3 is 0 Å². The van der Waals surface area contributed by atoms with Gasteiger partial charge in [-0.05, 0) is 72.0 Å². The van der Waals surface area contributed by atoms with Crippen molar-refractivity contribution in [1.82, 2.24) is 0 Å². The van der Waals surface area contributed by atoms with Crippen molar-refractivity contribution < 1.29 is 5.11 Å². The zero-order valence-electron chi connectivity index (χ0n) is 13.5. The third kappa shape index (κ3) is 2.33. The highest BCUT2D eigenvalue weighted by molar-refractivity contribution is 9.11. The molecular formula is C22H12Br2OS. The average Bonchev–Trinajstić information content (AvgIpc) is 3.05. The fourth-order valence-electron chi connectivity index (χ4n) is 3.57. The van der Waals surface area contributed by atoms with Crippen molar-refractivity contribution in [3.63, 3.8) is 0 Å². The van der Waals surface area contributed by atoms with Crippen LogP contribution >= 0.6 is 43.2 Å². The lowest BCUT2D eigenvalue weighted by Gasteiger charge is -2.13. The van der Waals surface area contributed by atoms with Crippen LogP contribution in [-0.2, 0) is 0 Å². The maximum absolute atomic E-state index is 10.3. The number of hydrogen-bond donors (Lipinski definition) is 1. The molecule has 0 saturated heterocycles. The van der Waals surface area contributed by atoms with Crippen LogP contribution in [0, 0.1) is 0 Å². The summed E-state index contributed by atoms with van der Waals surface area (Å²) < 4.78 is 4.34. The summed E-state index contributed by atoms with van der Waals surface area (Å²) in [4.78, 5) is 0. The molecule has 0 aliphatic rings. The Morgan fingerprint density at radius 3 is 2.23 bits per heavy atom. The quantitative estimate of drug-likeness (QED) is 0.255. The van der Waals surface area contributed by atoms with Crippen LogP contribution in [0.25, 0.3) is 42.1 Å². The first-order chi connectivity index (χ1) is 12.6. The first-order valence-corrected chi connectivity index (χ1v) is 10.6. The first kappa shape index (κ1) is 16.3. The van der Waals surface area contributed by atoms with E-state index in [-0.39, 0.29) is 5.75 Å². The predicted octanol–water partition coefficient (Wildman–Crippen LogP) is 8.11. The van der Waals surface area contributed by atoms with Crippen LogP contribution in [0.5, 0.6) is 5.75 Å². The molecular weight excluding hydrogens is 472 g/mol. The minimum absolute atomic E-state index is 0.252. The van der Waals surface area contributed by atoms with E-state index in [1.54, 1.807) is 11.3 Å². The Balaban J connectivity index is 2.07. The van der Waals surface area contributed by atoms with E-state index in [1.165, 1.54) is 36.5 Å². The maximum Gasteiger partial charge on any atom is 0.130 e. The smallest absolute Gasteiger partial charge is 0.130 e. The molecule has 0 bridgehead atoms. The Hall–Kier alpha value is -1.88. The van der Waals surface area contributed by atoms with Gasteiger partial charge in [-0.1, -0.05) is 48.5 Å². The molecule has 26 heavy (non-hydrogen) atoms. The van der Waals surface area contributed by atoms with Crippen molar-refractivity contribution in [3.05, 3.63) is 75.7 Å². The highest BCUT2D eigenvalue weighted by Crippen LogP contribution is 2.48. The third-order valence-corrected chi connectivity index (χ3v) is 7.66. The summed E-state index contributed by atoms with van der Waals surface area (Å²) in [6.45, 7) is 0. The van der Waals surface area contributed by atoms with Crippen molar-refractivity contribution in [1.29, 1.82) is 0 Å². The zero-order chi connectivity index (χ0) is 17.8. The van der Waals surface area contributed by atoms with Crippen molar-refractivity contribution in [2.45, 2.75) is 0 Å². The van der Waals surface area contributed by atoms with E-state index < -0.39 is 0 Å². The second kappa shape index (κ2) is 6.08. The van der Waals surface area contributed by atoms with Gasteiger partial charge in [0.2, 0.25) is 0 Å². The molecule has 0 atom stereocenters. The van der Waals surface area contributed by atoms with Crippen LogP contribution < -0.4 is 0 Å². The van der Waals surface area contributed by atoms with Crippen LogP contribution in [0.3, 0.4) is 0 Å². The summed E-state index contributed by atoms with van der Waals surface area (Å²) in [6, 6.07) is 22.7. The first-order valence-electron chi connectivity index (χ1n) is 8.15. The normalized spacial score (nSPS) is 11.6. The molecule has 4 heteroatoms. The molecule has 0 spiro atoms. The van der Waals surface area contributed by atoms with E-state index in [0.717, 1.165) is 10.0 Å². The Morgan fingerprint density at radius 2 is 1.46 bits per heavy atom. The standard InChI is InChI=1S/C22H12Br2OS/c23-16-10-9-12(11-17(16)25)19-13-5-1-2-6-14(13)21(24)22-20(19)15-7-3-4-8-18(15)26-22/h1-11,25H. The monoisotopic (exact) mass is 482 g/mol. The molecule has 0 aliphatic carbocycles. The molecule has 1 heterocycles. The molecule has 5 rings (SSSR count). The number of hydrogen-bond acceptors (Lipinski definition) is 2. The number of halogens is 2. The van der Waals surface area contributed by atoms with Gasteiger partial charge < -0.3 is 5.11 Å². The summed E-state index contributed by atoms with van der Waals surface area (Å²) in [5.41, 5.74) is 2.18. The van der Waals surface area contributed by atoms with Crippen LogP contribution in [0.4, 0.5) is 0 Å². The molecule has 4 aromatic carbocycles. The van der Waals surface area contributed by atoms with Crippen molar-refractivity contribution in [2.24, 2.45) is 0 Å². The van der Waals surface area contributed by atoms with Gasteiger partial charge in [-0.2, -0.15) is 0 Å². The number of aromatic hydroxyl groups is 1. The van der Waals surface area contributed by atoms with E-state index in [2.05, 4.69) is 86.5 Å². The lowest BCUT2D eigenvalue weighted by Crippen LogP contribution is -1.86. The van der Waals surface area contributed by atoms with Gasteiger partial charge in [0.15, 0.2) is 0 Å². The Kier molecular flexibility index (Phi) is 3.82. The molecule has 1 nitrogen and oxygen atoms in total. The number of benzene rings is 4. The zero-order valence-corrected chi connectivity index (χ0v) is 17.5. The van der Waals surface area contributed by atoms with Crippen LogP contribution in [0.2, 0.25) is 0 Å². The van der Waals surface area contributed by atoms with Gasteiger partial charge in [-0.3, -0.25) is 0 Å². The number of phenolic OH excluding ortho intramolecular Hbond substituents is 1. The highest BCUT2D eigenvalue weighted by atomic mass is 79.9. The fourth-order valence-corrected chi connectivity index (χ4v) is 5.76. The largest absolute Gasteiger partial charge is 0.507 e. The van der Waals surface area contributed by atoms with Gasteiger partial charge in [0, 0.05) is 19.9 Å². The van der Waals surface area contributed by atoms with Crippen LogP contribution in [-0.4, -0.2) is 5.11 Å². The van der Waals surface area contributed by atoms with E-state index in [0.29, 0.717) is 4.47 Å². The summed E-state index contributed by atoms with van der Waals surface area (Å²) >= 11 is 9.04. The molecule has 0 amide bonds. The van der Waals surface area contributed by atoms with E-state index in [4.69, 9.17) is 0 Å². The maximum atomic E-state index is 10.3. The minimum atomic E-state index is 0.252. The van der Waals surface area contributed by atoms with Gasteiger partial charge in [-0.25, -0.2) is 0 Å². The topological polar surface area (TPSA) is 20.2 Å². The Morgan fingerprint density at radius 1 is 0.769 bits per heavy atom. The predicted molar refractivity (Wildman–Crippen MR) is 119 cm³/mol. The molecule has 0 fully saturated rings. The van der Waals surface area contributed by atoms with E-state index in [1.807, 2.05) is 12.1 Å². The molecule has 0 unspecified atom stereocenters. The van der Waals surface area contributed by atoms with Crippen LogP contribution in [0.1, 0.15) is 0 Å². The lowest BCUT2D eigenvalue weighted by atomic mass is 9.93. The summed E-state index contributed by atoms with van der Waals surface area (Å²) in [7, 11) is 0. The molecule has 0 aliphatic heterocycles. The number of rotatable bonds is 1. The van der Waals surface area contributed by atoms with E-state index in [9.17, 15) is 5.11 Å². The lowest BCUT2D eigenvalue weighted by molar-refractivity contribution is 0.472. The summed E-state index contributed by atoms with van der Waals surface area (Å²) in [6.07, 6.45) is 0. The van der Waals surface area contributed by atoms with Crippen molar-refractivity contribution in [2.75, 3.05) is 0 Å². The Bertz CT molecular complexity index is 1320. The number of thiophene rings is 1. The number of phenols is 1. The minimum Gasteiger partial charge on any atom is -0.507 e. The molecule has 1 aromatic heterocycles. The molecule has 0 radical (unpaired) electrons. The third-order valence-electron chi connectivity index (χ3n) is 4.71. The van der Waals surface area contributed by atoms with Crippen molar-refractivity contribution >= 4 is 74.1 Å². The van der Waals surface area contributed by atoms with Gasteiger partial charge in [0.1, 0.15) is 5.75 Å². The molecule has 5 aromatic rings. The summed E-state index contributed by atoms with van der Waals surface area (Å²) in [5.74, 6) is 0.252. The van der Waals surface area contributed by atoms with E-state index >= 15 is 0 Å². The highest BCUT2D eigenvalue weighted by Gasteiger charge is 2.18. The average molecular weight is 484 g/mol. The molecule has 126 valence electrons. The van der Waals surface area contributed by atoms with Crippen molar-refractivity contribution in [3.8, 4) is 16.9 Å². The summed E-state index contributed by atoms with van der Waals surface area (Å²) in [5, 5.41) is 15.1. The number of fused-ring (bicyclic) bond motifs is 4. The fraction of sp³-hybridized carbons (Fsp3) is 0. The van der Waals surface area contributed by atoms with Gasteiger partial charge in [-0.15, -0.1) is 11.3 Å². The SMILES string of the molecule is Oc1cc(-c2c3ccccc3c(Br)c3sc4ccccc4c23)ccc1Br. The van der Waals surface area contributed by atoms with Gasteiger partial charge in [0.25, 0.3) is 0 Å². The molecule has 0 saturated carbocycles. The van der Waals surface area contributed by atoms with Gasteiger partial charge in [0.05, 0.1) is 9.17 Å². The second-order valence-corrected chi connectivity index (χ2v) is 8.90. The second-order valence-electron chi connectivity index (χ2n) is 6.20.